The van der Waals surface area contributed by atoms with Crippen LogP contribution in [0.25, 0.3) is 0 Å². The Morgan fingerprint density at radius 3 is 2.32 bits per heavy atom. The molecule has 132 valence electrons. The van der Waals surface area contributed by atoms with Crippen LogP contribution in [0.2, 0.25) is 0 Å². The molecule has 0 spiro atoms. The Balaban J connectivity index is 1.87. The Bertz CT molecular complexity index is 657. The molecule has 0 aliphatic rings. The molecule has 0 bridgehead atoms. The second-order valence-electron chi connectivity index (χ2n) is 5.94. The highest BCUT2D eigenvalue weighted by atomic mass is 16.5. The smallest absolute Gasteiger partial charge is 0.343 e. The minimum Gasteiger partial charge on any atom is -0.493 e. The van der Waals surface area contributed by atoms with E-state index in [1.807, 2.05) is 24.3 Å². The van der Waals surface area contributed by atoms with Gasteiger partial charge in [-0.2, -0.15) is 0 Å². The molecule has 0 saturated carbocycles. The fraction of sp³-hybridized carbons (Fsp3) is 0.318. The molecule has 0 unspecified atom stereocenters. The fourth-order valence-corrected chi connectivity index (χ4v) is 2.42. The maximum absolute atomic E-state index is 12.2. The second-order valence-corrected chi connectivity index (χ2v) is 5.94. The van der Waals surface area contributed by atoms with Gasteiger partial charge in [-0.3, -0.25) is 0 Å². The minimum absolute atomic E-state index is 0.364. The van der Waals surface area contributed by atoms with Gasteiger partial charge in [-0.25, -0.2) is 4.79 Å². The van der Waals surface area contributed by atoms with Gasteiger partial charge < -0.3 is 9.47 Å². The number of carbonyl (C=O) groups excluding carboxylic acids is 1. The zero-order valence-electron chi connectivity index (χ0n) is 14.9. The third-order valence-electron chi connectivity index (χ3n) is 3.88. The van der Waals surface area contributed by atoms with Crippen molar-refractivity contribution in [2.45, 2.75) is 39.0 Å². The summed E-state index contributed by atoms with van der Waals surface area (Å²) in [6.45, 7) is 6.43. The van der Waals surface area contributed by atoms with Crippen LogP contribution in [-0.4, -0.2) is 12.6 Å². The number of ether oxygens (including phenoxy) is 2. The summed E-state index contributed by atoms with van der Waals surface area (Å²) >= 11 is 0. The Morgan fingerprint density at radius 1 is 1.00 bits per heavy atom. The van der Waals surface area contributed by atoms with Gasteiger partial charge in [0, 0.05) is 0 Å². The number of carbonyl (C=O) groups is 1. The van der Waals surface area contributed by atoms with Crippen molar-refractivity contribution >= 4 is 5.97 Å². The Kier molecular flexibility index (Phi) is 7.77. The van der Waals surface area contributed by atoms with Gasteiger partial charge in [0.1, 0.15) is 11.5 Å². The molecule has 2 rings (SSSR count). The second kappa shape index (κ2) is 10.3. The average molecular weight is 338 g/mol. The molecule has 3 nitrogen and oxygen atoms in total. The van der Waals surface area contributed by atoms with E-state index < -0.39 is 0 Å². The Morgan fingerprint density at radius 2 is 1.68 bits per heavy atom. The summed E-state index contributed by atoms with van der Waals surface area (Å²) in [6, 6.07) is 14.7. The molecule has 0 N–H and O–H groups in total. The highest BCUT2D eigenvalue weighted by molar-refractivity contribution is 5.91. The van der Waals surface area contributed by atoms with Crippen molar-refractivity contribution < 1.29 is 14.3 Å². The SMILES string of the molecule is C=CCCOc1ccc(C(=O)Oc2ccc(CCCCC)cc2)cc1. The normalized spacial score (nSPS) is 10.3. The van der Waals surface area contributed by atoms with Gasteiger partial charge in [-0.1, -0.05) is 38.0 Å². The molecule has 3 heteroatoms. The van der Waals surface area contributed by atoms with Crippen LogP contribution in [0.15, 0.2) is 61.2 Å². The number of benzene rings is 2. The number of aryl methyl sites for hydroxylation is 1. The lowest BCUT2D eigenvalue weighted by atomic mass is 10.1. The fourth-order valence-electron chi connectivity index (χ4n) is 2.42. The van der Waals surface area contributed by atoms with Crippen molar-refractivity contribution in [3.05, 3.63) is 72.3 Å². The van der Waals surface area contributed by atoms with Gasteiger partial charge in [0.05, 0.1) is 12.2 Å². The molecule has 0 aliphatic carbocycles. The Labute approximate surface area is 150 Å². The molecule has 0 heterocycles. The maximum atomic E-state index is 12.2. The maximum Gasteiger partial charge on any atom is 0.343 e. The molecule has 2 aromatic rings. The van der Waals surface area contributed by atoms with Crippen molar-refractivity contribution in [1.82, 2.24) is 0 Å². The summed E-state index contributed by atoms with van der Waals surface area (Å²) in [7, 11) is 0. The quantitative estimate of drug-likeness (QED) is 0.245. The summed E-state index contributed by atoms with van der Waals surface area (Å²) in [5.74, 6) is 0.932. The summed E-state index contributed by atoms with van der Waals surface area (Å²) in [4.78, 5) is 12.2. The molecule has 0 fully saturated rings. The van der Waals surface area contributed by atoms with E-state index in [0.717, 1.165) is 18.6 Å². The highest BCUT2D eigenvalue weighted by Gasteiger charge is 2.09. The van der Waals surface area contributed by atoms with Crippen molar-refractivity contribution in [2.75, 3.05) is 6.61 Å². The first-order valence-electron chi connectivity index (χ1n) is 8.88. The molecule has 25 heavy (non-hydrogen) atoms. The van der Waals surface area contributed by atoms with Crippen LogP contribution < -0.4 is 9.47 Å². The first-order chi connectivity index (χ1) is 12.2. The van der Waals surface area contributed by atoms with E-state index in [1.165, 1.54) is 24.8 Å². The van der Waals surface area contributed by atoms with E-state index in [-0.39, 0.29) is 5.97 Å². The summed E-state index contributed by atoms with van der Waals surface area (Å²) < 4.78 is 11.0. The number of unbranched alkanes of at least 4 members (excludes halogenated alkanes) is 2. The predicted octanol–water partition coefficient (Wildman–Crippen LogP) is 5.59. The Hall–Kier alpha value is -2.55. The molecule has 0 amide bonds. The highest BCUT2D eigenvalue weighted by Crippen LogP contribution is 2.18. The van der Waals surface area contributed by atoms with Crippen LogP contribution in [0.4, 0.5) is 0 Å². The van der Waals surface area contributed by atoms with Crippen molar-refractivity contribution in [1.29, 1.82) is 0 Å². The van der Waals surface area contributed by atoms with Gasteiger partial charge in [0.25, 0.3) is 0 Å². The number of hydrogen-bond acceptors (Lipinski definition) is 3. The lowest BCUT2D eigenvalue weighted by Gasteiger charge is -2.07. The van der Waals surface area contributed by atoms with Gasteiger partial charge in [0.15, 0.2) is 0 Å². The summed E-state index contributed by atoms with van der Waals surface area (Å²) in [5.41, 5.74) is 1.78. The van der Waals surface area contributed by atoms with Crippen LogP contribution in [0.1, 0.15) is 48.5 Å². The standard InChI is InChI=1S/C22H26O3/c1-3-5-7-8-18-9-13-21(14-10-18)25-22(23)19-11-15-20(16-12-19)24-17-6-4-2/h4,9-16H,2-3,5-8,17H2,1H3. The molecule has 2 aromatic carbocycles. The first kappa shape index (κ1) is 18.8. The molecular formula is C22H26O3. The predicted molar refractivity (Wildman–Crippen MR) is 101 cm³/mol. The van der Waals surface area contributed by atoms with Gasteiger partial charge in [-0.15, -0.1) is 6.58 Å². The van der Waals surface area contributed by atoms with Gasteiger partial charge >= 0.3 is 5.97 Å². The lowest BCUT2D eigenvalue weighted by molar-refractivity contribution is 0.0734. The molecule has 0 saturated heterocycles. The average Bonchev–Trinajstić information content (AvgIpc) is 2.64. The van der Waals surface area contributed by atoms with E-state index in [4.69, 9.17) is 9.47 Å². The largest absolute Gasteiger partial charge is 0.493 e. The zero-order valence-corrected chi connectivity index (χ0v) is 14.9. The van der Waals surface area contributed by atoms with Crippen LogP contribution in [0.5, 0.6) is 11.5 Å². The monoisotopic (exact) mass is 338 g/mol. The third kappa shape index (κ3) is 6.46. The third-order valence-corrected chi connectivity index (χ3v) is 3.88. The van der Waals surface area contributed by atoms with Crippen molar-refractivity contribution in [3.63, 3.8) is 0 Å². The molecule has 0 aromatic heterocycles. The van der Waals surface area contributed by atoms with E-state index in [0.29, 0.717) is 17.9 Å². The van der Waals surface area contributed by atoms with Crippen LogP contribution >= 0.6 is 0 Å². The summed E-state index contributed by atoms with van der Waals surface area (Å²) in [6.07, 6.45) is 7.31. The topological polar surface area (TPSA) is 35.5 Å². The van der Waals surface area contributed by atoms with Gasteiger partial charge in [-0.05, 0) is 61.2 Å². The minimum atomic E-state index is -0.364. The lowest BCUT2D eigenvalue weighted by Crippen LogP contribution is -2.08. The zero-order chi connectivity index (χ0) is 17.9. The number of rotatable bonds is 10. The summed E-state index contributed by atoms with van der Waals surface area (Å²) in [5, 5.41) is 0. The molecular weight excluding hydrogens is 312 g/mol. The first-order valence-corrected chi connectivity index (χ1v) is 8.88. The van der Waals surface area contributed by atoms with Gasteiger partial charge in [0.2, 0.25) is 0 Å². The van der Waals surface area contributed by atoms with Crippen molar-refractivity contribution in [3.8, 4) is 11.5 Å². The van der Waals surface area contributed by atoms with Crippen LogP contribution in [-0.2, 0) is 6.42 Å². The van der Waals surface area contributed by atoms with Crippen LogP contribution in [0.3, 0.4) is 0 Å². The van der Waals surface area contributed by atoms with E-state index in [9.17, 15) is 4.79 Å². The van der Waals surface area contributed by atoms with Crippen LogP contribution in [0, 0.1) is 0 Å². The number of esters is 1. The molecule has 0 aliphatic heterocycles. The van der Waals surface area contributed by atoms with Crippen molar-refractivity contribution in [2.24, 2.45) is 0 Å². The van der Waals surface area contributed by atoms with E-state index in [1.54, 1.807) is 30.3 Å². The molecule has 0 radical (unpaired) electrons. The number of hydrogen-bond donors (Lipinski definition) is 0. The van der Waals surface area contributed by atoms with E-state index in [2.05, 4.69) is 13.5 Å². The van der Waals surface area contributed by atoms with E-state index >= 15 is 0 Å². The molecule has 0 atom stereocenters.